The number of fused-ring (bicyclic) bond motifs is 1. The van der Waals surface area contributed by atoms with Crippen molar-refractivity contribution in [2.45, 2.75) is 33.3 Å². The van der Waals surface area contributed by atoms with Gasteiger partial charge in [0.2, 0.25) is 0 Å². The van der Waals surface area contributed by atoms with Crippen LogP contribution < -0.4 is 14.4 Å². The molecule has 1 aliphatic heterocycles. The van der Waals surface area contributed by atoms with E-state index >= 15 is 0 Å². The zero-order valence-electron chi connectivity index (χ0n) is 17.1. The van der Waals surface area contributed by atoms with E-state index in [0.717, 1.165) is 32.6 Å². The highest BCUT2D eigenvalue weighted by Gasteiger charge is 2.31. The van der Waals surface area contributed by atoms with Crippen molar-refractivity contribution in [3.8, 4) is 22.8 Å². The van der Waals surface area contributed by atoms with Crippen LogP contribution in [0.15, 0.2) is 42.5 Å². The van der Waals surface area contributed by atoms with Gasteiger partial charge >= 0.3 is 0 Å². The second-order valence-corrected chi connectivity index (χ2v) is 9.07. The maximum absolute atomic E-state index is 12.8. The maximum atomic E-state index is 12.8. The molecular formula is C23H23ClN2O3S. The maximum Gasteiger partial charge on any atom is 0.267 e. The fourth-order valence-corrected chi connectivity index (χ4v) is 4.49. The van der Waals surface area contributed by atoms with Gasteiger partial charge in [-0.05, 0) is 69.7 Å². The Bertz CT molecular complexity index is 1060. The largest absolute Gasteiger partial charge is 0.494 e. The van der Waals surface area contributed by atoms with Gasteiger partial charge in [-0.2, -0.15) is 0 Å². The molecule has 1 amide bonds. The molecule has 0 fully saturated rings. The van der Waals surface area contributed by atoms with Gasteiger partial charge in [-0.25, -0.2) is 4.98 Å². The first-order chi connectivity index (χ1) is 14.4. The van der Waals surface area contributed by atoms with Crippen molar-refractivity contribution < 1.29 is 14.3 Å². The number of aromatic nitrogens is 1. The molecule has 0 N–H and O–H groups in total. The number of carbonyl (C=O) groups excluding carboxylic acids is 1. The number of rotatable bonds is 6. The number of aryl methyl sites for hydroxylation is 2. The summed E-state index contributed by atoms with van der Waals surface area (Å²) in [7, 11) is 0. The highest BCUT2D eigenvalue weighted by Crippen LogP contribution is 2.38. The minimum Gasteiger partial charge on any atom is -0.494 e. The van der Waals surface area contributed by atoms with Gasteiger partial charge in [-0.3, -0.25) is 4.79 Å². The number of amides is 1. The minimum absolute atomic E-state index is 0.0441. The summed E-state index contributed by atoms with van der Waals surface area (Å²) in [5.74, 6) is 1.43. The SMILES string of the molecule is Cc1nc(-c2ccc3c(c2)N(CCCOc2ccc(Cl)cc2)C(=O)C(C)O3)c(C)s1. The monoisotopic (exact) mass is 442 g/mol. The lowest BCUT2D eigenvalue weighted by Gasteiger charge is -2.33. The first kappa shape index (κ1) is 20.7. The second-order valence-electron chi connectivity index (χ2n) is 7.23. The number of benzene rings is 2. The first-order valence-corrected chi connectivity index (χ1v) is 11.1. The van der Waals surface area contributed by atoms with Crippen molar-refractivity contribution in [1.29, 1.82) is 0 Å². The Morgan fingerprint density at radius 1 is 1.20 bits per heavy atom. The number of hydrogen-bond acceptors (Lipinski definition) is 5. The Morgan fingerprint density at radius 2 is 1.97 bits per heavy atom. The summed E-state index contributed by atoms with van der Waals surface area (Å²) in [5, 5.41) is 1.70. The minimum atomic E-state index is -0.510. The summed E-state index contributed by atoms with van der Waals surface area (Å²) < 4.78 is 11.6. The van der Waals surface area contributed by atoms with Crippen molar-refractivity contribution in [1.82, 2.24) is 4.98 Å². The van der Waals surface area contributed by atoms with E-state index in [1.807, 2.05) is 37.3 Å². The molecule has 0 aliphatic carbocycles. The summed E-state index contributed by atoms with van der Waals surface area (Å²) in [6.45, 7) is 6.89. The van der Waals surface area contributed by atoms with Gasteiger partial charge in [-0.15, -0.1) is 11.3 Å². The van der Waals surface area contributed by atoms with Gasteiger partial charge in [0.25, 0.3) is 5.91 Å². The summed E-state index contributed by atoms with van der Waals surface area (Å²) in [6.07, 6.45) is 0.184. The average molecular weight is 443 g/mol. The summed E-state index contributed by atoms with van der Waals surface area (Å²) in [6, 6.07) is 13.2. The molecule has 1 unspecified atom stereocenters. The van der Waals surface area contributed by atoms with Gasteiger partial charge in [0.1, 0.15) is 11.5 Å². The molecule has 0 saturated heterocycles. The van der Waals surface area contributed by atoms with E-state index in [-0.39, 0.29) is 5.91 Å². The zero-order valence-corrected chi connectivity index (χ0v) is 18.7. The van der Waals surface area contributed by atoms with Gasteiger partial charge in [0, 0.05) is 22.0 Å². The molecule has 1 atom stereocenters. The second kappa shape index (κ2) is 8.66. The van der Waals surface area contributed by atoms with E-state index < -0.39 is 6.10 Å². The standard InChI is InChI=1S/C23H23ClN2O3S/c1-14-23(27)26(11-4-12-28-19-8-6-18(24)7-9-19)20-13-17(5-10-21(20)29-14)22-15(2)30-16(3)25-22/h5-10,13-14H,4,11-12H2,1-3H3. The Balaban J connectivity index is 1.51. The summed E-state index contributed by atoms with van der Waals surface area (Å²) in [4.78, 5) is 20.4. The number of nitrogens with zero attached hydrogens (tertiary/aromatic N) is 2. The topological polar surface area (TPSA) is 51.7 Å². The average Bonchev–Trinajstić information content (AvgIpc) is 3.07. The molecule has 1 aromatic heterocycles. The molecule has 5 nitrogen and oxygen atoms in total. The number of carbonyl (C=O) groups is 1. The van der Waals surface area contributed by atoms with Crippen molar-refractivity contribution >= 4 is 34.5 Å². The fraction of sp³-hybridized carbons (Fsp3) is 0.304. The van der Waals surface area contributed by atoms with Crippen LogP contribution >= 0.6 is 22.9 Å². The van der Waals surface area contributed by atoms with Gasteiger partial charge in [0.05, 0.1) is 23.0 Å². The van der Waals surface area contributed by atoms with Crippen LogP contribution in [0.4, 0.5) is 5.69 Å². The predicted octanol–water partition coefficient (Wildman–Crippen LogP) is 5.66. The third-order valence-electron chi connectivity index (χ3n) is 4.95. The van der Waals surface area contributed by atoms with Gasteiger partial charge in [-0.1, -0.05) is 11.6 Å². The van der Waals surface area contributed by atoms with Gasteiger partial charge < -0.3 is 14.4 Å². The predicted molar refractivity (Wildman–Crippen MR) is 121 cm³/mol. The molecule has 0 radical (unpaired) electrons. The molecule has 4 rings (SSSR count). The Hall–Kier alpha value is -2.57. The lowest BCUT2D eigenvalue weighted by molar-refractivity contribution is -0.125. The summed E-state index contributed by atoms with van der Waals surface area (Å²) in [5.41, 5.74) is 2.73. The highest BCUT2D eigenvalue weighted by atomic mass is 35.5. The lowest BCUT2D eigenvalue weighted by atomic mass is 10.1. The molecular weight excluding hydrogens is 420 g/mol. The molecule has 0 bridgehead atoms. The molecule has 1 aliphatic rings. The van der Waals surface area contributed by atoms with E-state index in [2.05, 4.69) is 11.9 Å². The number of halogens is 1. The van der Waals surface area contributed by atoms with E-state index in [9.17, 15) is 4.79 Å². The molecule has 0 saturated carbocycles. The molecule has 156 valence electrons. The molecule has 2 heterocycles. The van der Waals surface area contributed by atoms with Crippen molar-refractivity contribution in [3.05, 3.63) is 57.4 Å². The molecule has 2 aromatic carbocycles. The van der Waals surface area contributed by atoms with Crippen LogP contribution in [0.5, 0.6) is 11.5 Å². The van der Waals surface area contributed by atoms with Crippen molar-refractivity contribution in [2.75, 3.05) is 18.1 Å². The van der Waals surface area contributed by atoms with E-state index in [1.54, 1.807) is 35.3 Å². The van der Waals surface area contributed by atoms with Crippen LogP contribution in [0.1, 0.15) is 23.2 Å². The fourth-order valence-electron chi connectivity index (χ4n) is 3.53. The Labute approximate surface area is 185 Å². The highest BCUT2D eigenvalue weighted by molar-refractivity contribution is 7.11. The Kier molecular flexibility index (Phi) is 5.97. The number of thiazole rings is 1. The van der Waals surface area contributed by atoms with Crippen LogP contribution in [0.25, 0.3) is 11.3 Å². The quantitative estimate of drug-likeness (QED) is 0.462. The van der Waals surface area contributed by atoms with Gasteiger partial charge in [0.15, 0.2) is 6.10 Å². The number of hydrogen-bond donors (Lipinski definition) is 0. The van der Waals surface area contributed by atoms with Crippen LogP contribution in [-0.2, 0) is 4.79 Å². The molecule has 7 heteroatoms. The number of ether oxygens (including phenoxy) is 2. The van der Waals surface area contributed by atoms with Crippen LogP contribution in [-0.4, -0.2) is 30.1 Å². The van der Waals surface area contributed by atoms with E-state index in [0.29, 0.717) is 30.3 Å². The number of anilines is 1. The summed E-state index contributed by atoms with van der Waals surface area (Å²) >= 11 is 7.58. The first-order valence-electron chi connectivity index (χ1n) is 9.87. The zero-order chi connectivity index (χ0) is 21.3. The molecule has 0 spiro atoms. The van der Waals surface area contributed by atoms with E-state index in [1.165, 1.54) is 0 Å². The lowest BCUT2D eigenvalue weighted by Crippen LogP contribution is -2.45. The molecule has 3 aromatic rings. The van der Waals surface area contributed by atoms with Crippen LogP contribution in [0.2, 0.25) is 5.02 Å². The Morgan fingerprint density at radius 3 is 2.67 bits per heavy atom. The third-order valence-corrected chi connectivity index (χ3v) is 6.09. The smallest absolute Gasteiger partial charge is 0.267 e. The van der Waals surface area contributed by atoms with Crippen LogP contribution in [0.3, 0.4) is 0 Å². The van der Waals surface area contributed by atoms with Crippen molar-refractivity contribution in [2.24, 2.45) is 0 Å². The van der Waals surface area contributed by atoms with Crippen molar-refractivity contribution in [3.63, 3.8) is 0 Å². The van der Waals surface area contributed by atoms with Crippen LogP contribution in [0, 0.1) is 13.8 Å². The molecule has 30 heavy (non-hydrogen) atoms. The normalized spacial score (nSPS) is 15.7. The van der Waals surface area contributed by atoms with E-state index in [4.69, 9.17) is 21.1 Å². The third kappa shape index (κ3) is 4.30.